The van der Waals surface area contributed by atoms with Crippen molar-refractivity contribution >= 4 is 5.97 Å². The van der Waals surface area contributed by atoms with Crippen LogP contribution in [0.5, 0.6) is 11.5 Å². The highest BCUT2D eigenvalue weighted by atomic mass is 16.6. The number of carboxylic acids is 1. The molecule has 1 heterocycles. The molecule has 0 amide bonds. The van der Waals surface area contributed by atoms with Crippen LogP contribution >= 0.6 is 0 Å². The summed E-state index contributed by atoms with van der Waals surface area (Å²) in [5.41, 5.74) is 1.31. The highest BCUT2D eigenvalue weighted by Gasteiger charge is 2.26. The molecule has 2 N–H and O–H groups in total. The first-order valence-corrected chi connectivity index (χ1v) is 7.60. The topological polar surface area (TPSA) is 85.2 Å². The molecule has 2 aromatic carbocycles. The molecule has 0 radical (unpaired) electrons. The van der Waals surface area contributed by atoms with Crippen molar-refractivity contribution < 1.29 is 29.2 Å². The molecule has 0 unspecified atom stereocenters. The van der Waals surface area contributed by atoms with Crippen LogP contribution in [0.25, 0.3) is 0 Å². The third-order valence-electron chi connectivity index (χ3n) is 3.74. The number of benzene rings is 2. The Labute approximate surface area is 139 Å². The first kappa shape index (κ1) is 16.3. The minimum atomic E-state index is -1.11. The fraction of sp³-hybridized carbons (Fsp3) is 0.278. The summed E-state index contributed by atoms with van der Waals surface area (Å²) >= 11 is 0. The summed E-state index contributed by atoms with van der Waals surface area (Å²) in [4.78, 5) is 11.2. The molecule has 2 aromatic rings. The van der Waals surface area contributed by atoms with E-state index in [2.05, 4.69) is 0 Å². The maximum atomic E-state index is 11.2. The van der Waals surface area contributed by atoms with Gasteiger partial charge in [-0.3, -0.25) is 0 Å². The Morgan fingerprint density at radius 1 is 1.21 bits per heavy atom. The smallest absolute Gasteiger partial charge is 0.336 e. The lowest BCUT2D eigenvalue weighted by molar-refractivity contribution is 0.00180. The average molecular weight is 330 g/mol. The van der Waals surface area contributed by atoms with Gasteiger partial charge in [0, 0.05) is 5.56 Å². The van der Waals surface area contributed by atoms with Gasteiger partial charge in [-0.25, -0.2) is 4.79 Å². The van der Waals surface area contributed by atoms with Crippen LogP contribution in [-0.4, -0.2) is 35.5 Å². The summed E-state index contributed by atoms with van der Waals surface area (Å²) in [5.74, 6) is -0.404. The van der Waals surface area contributed by atoms with Crippen LogP contribution in [0.2, 0.25) is 0 Å². The number of aliphatic hydroxyl groups excluding tert-OH is 1. The highest BCUT2D eigenvalue weighted by molar-refractivity contribution is 5.90. The van der Waals surface area contributed by atoms with Gasteiger partial charge in [-0.05, 0) is 17.7 Å². The van der Waals surface area contributed by atoms with E-state index in [1.165, 1.54) is 6.07 Å². The molecular formula is C18H18O6. The maximum absolute atomic E-state index is 11.2. The minimum Gasteiger partial charge on any atom is -0.485 e. The molecule has 0 bridgehead atoms. The molecule has 0 saturated carbocycles. The summed E-state index contributed by atoms with van der Waals surface area (Å²) < 4.78 is 17.1. The molecule has 0 aromatic heterocycles. The molecule has 6 nitrogen and oxygen atoms in total. The summed E-state index contributed by atoms with van der Waals surface area (Å²) in [6.45, 7) is 0.637. The average Bonchev–Trinajstić information content (AvgIpc) is 2.61. The Kier molecular flexibility index (Phi) is 4.98. The zero-order valence-electron chi connectivity index (χ0n) is 13.0. The normalized spacial score (nSPS) is 16.0. The Morgan fingerprint density at radius 2 is 2.00 bits per heavy atom. The zero-order chi connectivity index (χ0) is 16.9. The first-order chi connectivity index (χ1) is 11.7. The number of hydrogen-bond donors (Lipinski definition) is 2. The summed E-state index contributed by atoms with van der Waals surface area (Å²) in [6.07, 6.45) is -0.288. The number of hydrogen-bond acceptors (Lipinski definition) is 5. The van der Waals surface area contributed by atoms with Crippen molar-refractivity contribution in [3.05, 3.63) is 59.2 Å². The van der Waals surface area contributed by atoms with E-state index in [0.717, 1.165) is 5.56 Å². The lowest BCUT2D eigenvalue weighted by atomic mass is 10.1. The van der Waals surface area contributed by atoms with Crippen molar-refractivity contribution in [2.75, 3.05) is 13.2 Å². The second-order valence-corrected chi connectivity index (χ2v) is 5.43. The summed E-state index contributed by atoms with van der Waals surface area (Å²) in [5, 5.41) is 18.6. The van der Waals surface area contributed by atoms with Crippen molar-refractivity contribution in [2.24, 2.45) is 0 Å². The Balaban J connectivity index is 1.63. The minimum absolute atomic E-state index is 0.0126. The number of aliphatic hydroxyl groups is 1. The number of rotatable bonds is 6. The predicted octanol–water partition coefficient (Wildman–Crippen LogP) is 2.23. The molecule has 1 aliphatic rings. The van der Waals surface area contributed by atoms with Gasteiger partial charge in [0.05, 0.1) is 25.4 Å². The van der Waals surface area contributed by atoms with Crippen LogP contribution < -0.4 is 9.47 Å². The van der Waals surface area contributed by atoms with E-state index in [4.69, 9.17) is 19.3 Å². The van der Waals surface area contributed by atoms with Crippen LogP contribution in [0, 0.1) is 0 Å². The second-order valence-electron chi connectivity index (χ2n) is 5.43. The lowest BCUT2D eigenvalue weighted by Crippen LogP contribution is -2.34. The van der Waals surface area contributed by atoms with Crippen molar-refractivity contribution in [3.63, 3.8) is 0 Å². The fourth-order valence-corrected chi connectivity index (χ4v) is 2.57. The number of carbonyl (C=O) groups is 1. The second kappa shape index (κ2) is 7.33. The molecule has 0 spiro atoms. The van der Waals surface area contributed by atoms with Gasteiger partial charge in [-0.15, -0.1) is 0 Å². The van der Waals surface area contributed by atoms with E-state index >= 15 is 0 Å². The van der Waals surface area contributed by atoms with E-state index in [1.54, 1.807) is 6.07 Å². The number of fused-ring (bicyclic) bond motifs is 1. The SMILES string of the molecule is O=C(O)c1ccc2c(c1CO)OC[C@@H](COCc1ccccc1)O2. The lowest BCUT2D eigenvalue weighted by Gasteiger charge is -2.28. The molecule has 0 fully saturated rings. The molecular weight excluding hydrogens is 312 g/mol. The summed E-state index contributed by atoms with van der Waals surface area (Å²) in [6, 6.07) is 12.8. The van der Waals surface area contributed by atoms with E-state index < -0.39 is 12.6 Å². The molecule has 126 valence electrons. The molecule has 24 heavy (non-hydrogen) atoms. The Bertz CT molecular complexity index is 713. The van der Waals surface area contributed by atoms with Crippen LogP contribution in [0.15, 0.2) is 42.5 Å². The van der Waals surface area contributed by atoms with Crippen molar-refractivity contribution in [3.8, 4) is 11.5 Å². The van der Waals surface area contributed by atoms with Crippen LogP contribution in [-0.2, 0) is 18.0 Å². The molecule has 0 aliphatic carbocycles. The number of carboxylic acid groups (broad SMARTS) is 1. The van der Waals surface area contributed by atoms with E-state index in [-0.39, 0.29) is 29.6 Å². The monoisotopic (exact) mass is 330 g/mol. The van der Waals surface area contributed by atoms with Gasteiger partial charge in [0.25, 0.3) is 0 Å². The van der Waals surface area contributed by atoms with Gasteiger partial charge in [0.15, 0.2) is 17.6 Å². The van der Waals surface area contributed by atoms with Gasteiger partial charge >= 0.3 is 5.97 Å². The highest BCUT2D eigenvalue weighted by Crippen LogP contribution is 2.37. The largest absolute Gasteiger partial charge is 0.485 e. The molecule has 3 rings (SSSR count). The third kappa shape index (κ3) is 3.50. The van der Waals surface area contributed by atoms with Gasteiger partial charge in [-0.1, -0.05) is 30.3 Å². The first-order valence-electron chi connectivity index (χ1n) is 7.60. The fourth-order valence-electron chi connectivity index (χ4n) is 2.57. The molecule has 1 aliphatic heterocycles. The standard InChI is InChI=1S/C18H18O6/c19-8-15-14(18(20)21)6-7-16-17(15)23-11-13(24-16)10-22-9-12-4-2-1-3-5-12/h1-7,13,19H,8-11H2,(H,20,21)/t13-/m1/s1. The quantitative estimate of drug-likeness (QED) is 0.845. The molecule has 0 saturated heterocycles. The third-order valence-corrected chi connectivity index (χ3v) is 3.74. The Hall–Kier alpha value is -2.57. The Morgan fingerprint density at radius 3 is 2.71 bits per heavy atom. The van der Waals surface area contributed by atoms with Crippen LogP contribution in [0.4, 0.5) is 0 Å². The van der Waals surface area contributed by atoms with Crippen molar-refractivity contribution in [2.45, 2.75) is 19.3 Å². The molecule has 1 atom stereocenters. The van der Waals surface area contributed by atoms with Crippen LogP contribution in [0.3, 0.4) is 0 Å². The van der Waals surface area contributed by atoms with Gasteiger partial charge < -0.3 is 24.4 Å². The summed E-state index contributed by atoms with van der Waals surface area (Å²) in [7, 11) is 0. The van der Waals surface area contributed by atoms with E-state index in [9.17, 15) is 9.90 Å². The van der Waals surface area contributed by atoms with Crippen LogP contribution in [0.1, 0.15) is 21.5 Å². The maximum Gasteiger partial charge on any atom is 0.336 e. The van der Waals surface area contributed by atoms with E-state index in [0.29, 0.717) is 19.0 Å². The molecule has 6 heteroatoms. The van der Waals surface area contributed by atoms with Gasteiger partial charge in [-0.2, -0.15) is 0 Å². The zero-order valence-corrected chi connectivity index (χ0v) is 13.0. The number of aromatic carboxylic acids is 1. The predicted molar refractivity (Wildman–Crippen MR) is 85.3 cm³/mol. The van der Waals surface area contributed by atoms with Gasteiger partial charge in [0.2, 0.25) is 0 Å². The number of ether oxygens (including phenoxy) is 3. The van der Waals surface area contributed by atoms with Crippen molar-refractivity contribution in [1.82, 2.24) is 0 Å². The van der Waals surface area contributed by atoms with E-state index in [1.807, 2.05) is 30.3 Å². The van der Waals surface area contributed by atoms with Gasteiger partial charge in [0.1, 0.15) is 6.61 Å². The van der Waals surface area contributed by atoms with Crippen molar-refractivity contribution in [1.29, 1.82) is 0 Å².